The molecule has 0 unspecified atom stereocenters. The van der Waals surface area contributed by atoms with Crippen LogP contribution >= 0.6 is 0 Å². The molecular weight excluding hydrogens is 421 g/mol. The van der Waals surface area contributed by atoms with Crippen LogP contribution in [0.25, 0.3) is 16.5 Å². The number of hydrogen-bond acceptors (Lipinski definition) is 3. The van der Waals surface area contributed by atoms with Crippen molar-refractivity contribution in [2.24, 2.45) is 0 Å². The van der Waals surface area contributed by atoms with E-state index in [-0.39, 0.29) is 29.9 Å². The Bertz CT molecular complexity index is 1240. The molecule has 0 atom stereocenters. The van der Waals surface area contributed by atoms with E-state index in [0.717, 1.165) is 22.5 Å². The normalized spacial score (nSPS) is 14.0. The summed E-state index contributed by atoms with van der Waals surface area (Å²) in [7, 11) is 0. The van der Waals surface area contributed by atoms with E-state index < -0.39 is 23.6 Å². The number of carbonyl (C=O) groups is 2. The van der Waals surface area contributed by atoms with Crippen LogP contribution in [0.5, 0.6) is 0 Å². The van der Waals surface area contributed by atoms with Gasteiger partial charge in [0.25, 0.3) is 5.91 Å². The zero-order valence-corrected chi connectivity index (χ0v) is 17.5. The molecule has 0 bridgehead atoms. The highest BCUT2D eigenvalue weighted by Crippen LogP contribution is 2.35. The Balaban J connectivity index is 1.80. The molecule has 2 aromatic carbocycles. The number of para-hydroxylation sites is 1. The number of carbonyl (C=O) groups excluding carboxylic acids is 2. The lowest BCUT2D eigenvalue weighted by Gasteiger charge is -2.20. The minimum atomic E-state index is -4.57. The van der Waals surface area contributed by atoms with Crippen LogP contribution in [0.2, 0.25) is 0 Å². The maximum Gasteiger partial charge on any atom is 0.416 e. The number of benzene rings is 2. The summed E-state index contributed by atoms with van der Waals surface area (Å²) >= 11 is 0. The maximum atomic E-state index is 13.3. The highest BCUT2D eigenvalue weighted by atomic mass is 19.4. The first-order chi connectivity index (χ1) is 15.2. The molecule has 1 amide bonds. The molecule has 1 N–H and O–H groups in total. The average Bonchev–Trinajstić information content (AvgIpc) is 3.00. The molecule has 0 saturated heterocycles. The summed E-state index contributed by atoms with van der Waals surface area (Å²) in [4.78, 5) is 30.5. The Labute approximate surface area is 182 Å². The van der Waals surface area contributed by atoms with Crippen LogP contribution in [0.4, 0.5) is 13.2 Å². The SMILES string of the molecule is CCOC(=O)C1=CN(C(=O)c2cccc(C(F)(F)F)c2C)CCc2c1[nH]c1ccccc21. The number of halogens is 3. The van der Waals surface area contributed by atoms with Crippen molar-refractivity contribution in [1.29, 1.82) is 0 Å². The summed E-state index contributed by atoms with van der Waals surface area (Å²) in [6.45, 7) is 3.30. The third kappa shape index (κ3) is 3.77. The smallest absolute Gasteiger partial charge is 0.416 e. The maximum absolute atomic E-state index is 13.3. The number of nitrogens with zero attached hydrogens (tertiary/aromatic N) is 1. The average molecular weight is 442 g/mol. The van der Waals surface area contributed by atoms with Gasteiger partial charge in [-0.15, -0.1) is 0 Å². The van der Waals surface area contributed by atoms with Crippen molar-refractivity contribution >= 4 is 28.4 Å². The largest absolute Gasteiger partial charge is 0.462 e. The highest BCUT2D eigenvalue weighted by molar-refractivity contribution is 6.18. The van der Waals surface area contributed by atoms with Crippen molar-refractivity contribution in [2.45, 2.75) is 26.4 Å². The van der Waals surface area contributed by atoms with Crippen LogP contribution in [-0.4, -0.2) is 34.9 Å². The fourth-order valence-corrected chi connectivity index (χ4v) is 4.06. The lowest BCUT2D eigenvalue weighted by Crippen LogP contribution is -2.29. The van der Waals surface area contributed by atoms with Crippen LogP contribution in [0.1, 0.15) is 39.7 Å². The second-order valence-electron chi connectivity index (χ2n) is 7.51. The zero-order valence-electron chi connectivity index (χ0n) is 17.5. The molecule has 8 heteroatoms. The Morgan fingerprint density at radius 2 is 1.88 bits per heavy atom. The van der Waals surface area contributed by atoms with E-state index in [1.165, 1.54) is 30.2 Å². The number of alkyl halides is 3. The molecule has 0 aliphatic carbocycles. The van der Waals surface area contributed by atoms with Gasteiger partial charge >= 0.3 is 12.1 Å². The lowest BCUT2D eigenvalue weighted by atomic mass is 10.0. The number of esters is 1. The first-order valence-electron chi connectivity index (χ1n) is 10.2. The van der Waals surface area contributed by atoms with E-state index in [1.54, 1.807) is 6.92 Å². The first-order valence-corrected chi connectivity index (χ1v) is 10.2. The Morgan fingerprint density at radius 1 is 1.12 bits per heavy atom. The molecule has 3 aromatic rings. The quantitative estimate of drug-likeness (QED) is 0.575. The number of aromatic nitrogens is 1. The van der Waals surface area contributed by atoms with Crippen LogP contribution < -0.4 is 0 Å². The highest BCUT2D eigenvalue weighted by Gasteiger charge is 2.34. The molecule has 32 heavy (non-hydrogen) atoms. The molecular formula is C24H21F3N2O3. The third-order valence-electron chi connectivity index (χ3n) is 5.60. The molecule has 166 valence electrons. The number of rotatable bonds is 3. The molecule has 0 fully saturated rings. The predicted molar refractivity (Wildman–Crippen MR) is 114 cm³/mol. The van der Waals surface area contributed by atoms with Crippen molar-refractivity contribution in [3.8, 4) is 0 Å². The molecule has 4 rings (SSSR count). The van der Waals surface area contributed by atoms with Crippen LogP contribution in [0.3, 0.4) is 0 Å². The fraction of sp³-hybridized carbons (Fsp3) is 0.250. The second kappa shape index (κ2) is 8.18. The van der Waals surface area contributed by atoms with Gasteiger partial charge in [0.2, 0.25) is 0 Å². The monoisotopic (exact) mass is 442 g/mol. The molecule has 0 spiro atoms. The summed E-state index contributed by atoms with van der Waals surface area (Å²) in [5.74, 6) is -1.22. The van der Waals surface area contributed by atoms with Crippen molar-refractivity contribution in [3.05, 3.63) is 76.6 Å². The van der Waals surface area contributed by atoms with Gasteiger partial charge in [-0.3, -0.25) is 4.79 Å². The fourth-order valence-electron chi connectivity index (χ4n) is 4.06. The van der Waals surface area contributed by atoms with Crippen LogP contribution in [0.15, 0.2) is 48.7 Å². The minimum absolute atomic E-state index is 0.0605. The topological polar surface area (TPSA) is 62.4 Å². The van der Waals surface area contributed by atoms with E-state index in [9.17, 15) is 22.8 Å². The van der Waals surface area contributed by atoms with E-state index in [0.29, 0.717) is 12.1 Å². The van der Waals surface area contributed by atoms with Crippen molar-refractivity contribution < 1.29 is 27.5 Å². The number of hydrogen-bond donors (Lipinski definition) is 1. The number of fused-ring (bicyclic) bond motifs is 3. The molecule has 0 saturated carbocycles. The van der Waals surface area contributed by atoms with E-state index >= 15 is 0 Å². The Hall–Kier alpha value is -3.55. The number of H-pyrrole nitrogens is 1. The summed E-state index contributed by atoms with van der Waals surface area (Å²) in [6, 6.07) is 11.1. The van der Waals surface area contributed by atoms with Gasteiger partial charge in [0.1, 0.15) is 0 Å². The summed E-state index contributed by atoms with van der Waals surface area (Å²) < 4.78 is 45.2. The van der Waals surface area contributed by atoms with Crippen molar-refractivity contribution in [3.63, 3.8) is 0 Å². The van der Waals surface area contributed by atoms with Gasteiger partial charge in [-0.1, -0.05) is 24.3 Å². The zero-order chi connectivity index (χ0) is 23.0. The van der Waals surface area contributed by atoms with E-state index in [4.69, 9.17) is 4.74 Å². The molecule has 1 aromatic heterocycles. The van der Waals surface area contributed by atoms with E-state index in [2.05, 4.69) is 4.98 Å². The Kier molecular flexibility index (Phi) is 5.54. The van der Waals surface area contributed by atoms with Gasteiger partial charge < -0.3 is 14.6 Å². The molecule has 5 nitrogen and oxygen atoms in total. The first kappa shape index (κ1) is 21.7. The van der Waals surface area contributed by atoms with Gasteiger partial charge in [0, 0.05) is 29.2 Å². The predicted octanol–water partition coefficient (Wildman–Crippen LogP) is 5.10. The minimum Gasteiger partial charge on any atom is -0.462 e. The standard InChI is InChI=1S/C24H21F3N2O3/c1-3-32-23(31)18-13-29(12-11-17-16-7-4-5-10-20(16)28-21(17)18)22(30)15-8-6-9-19(14(15)2)24(25,26)27/h4-10,13,28H,3,11-12H2,1-2H3. The van der Waals surface area contributed by atoms with Crippen molar-refractivity contribution in [2.75, 3.05) is 13.2 Å². The van der Waals surface area contributed by atoms with Gasteiger partial charge in [-0.05, 0) is 49.6 Å². The molecule has 0 radical (unpaired) electrons. The van der Waals surface area contributed by atoms with Gasteiger partial charge in [-0.25, -0.2) is 4.79 Å². The summed E-state index contributed by atoms with van der Waals surface area (Å²) in [6.07, 6.45) is -2.77. The van der Waals surface area contributed by atoms with Gasteiger partial charge in [0.15, 0.2) is 0 Å². The number of amides is 1. The molecule has 1 aliphatic heterocycles. The molecule has 1 aliphatic rings. The van der Waals surface area contributed by atoms with E-state index in [1.807, 2.05) is 24.3 Å². The van der Waals surface area contributed by atoms with Crippen LogP contribution in [0, 0.1) is 6.92 Å². The van der Waals surface area contributed by atoms with Gasteiger partial charge in [-0.2, -0.15) is 13.2 Å². The summed E-state index contributed by atoms with van der Waals surface area (Å²) in [5, 5.41) is 0.919. The summed E-state index contributed by atoms with van der Waals surface area (Å²) in [5.41, 5.74) is 1.36. The number of nitrogens with one attached hydrogen (secondary N) is 1. The molecule has 2 heterocycles. The number of aromatic amines is 1. The van der Waals surface area contributed by atoms with Gasteiger partial charge in [0.05, 0.1) is 23.4 Å². The number of ether oxygens (including phenoxy) is 1. The Morgan fingerprint density at radius 3 is 2.59 bits per heavy atom. The lowest BCUT2D eigenvalue weighted by molar-refractivity contribution is -0.138. The second-order valence-corrected chi connectivity index (χ2v) is 7.51. The van der Waals surface area contributed by atoms with Crippen LogP contribution in [-0.2, 0) is 22.1 Å². The third-order valence-corrected chi connectivity index (χ3v) is 5.60. The van der Waals surface area contributed by atoms with Crippen molar-refractivity contribution in [1.82, 2.24) is 9.88 Å².